The van der Waals surface area contributed by atoms with Crippen LogP contribution >= 0.6 is 0 Å². The summed E-state index contributed by atoms with van der Waals surface area (Å²) in [5, 5.41) is 3.02. The van der Waals surface area contributed by atoms with Crippen molar-refractivity contribution in [2.24, 2.45) is 11.8 Å². The molecule has 38 heavy (non-hydrogen) atoms. The van der Waals surface area contributed by atoms with Gasteiger partial charge in [-0.25, -0.2) is 19.9 Å². The molecule has 1 amide bonds. The molecule has 0 spiro atoms. The third kappa shape index (κ3) is 5.41. The molecule has 3 aromatic heterocycles. The van der Waals surface area contributed by atoms with Crippen molar-refractivity contribution in [3.05, 3.63) is 65.4 Å². The lowest BCUT2D eigenvalue weighted by molar-refractivity contribution is -0.138. The summed E-state index contributed by atoms with van der Waals surface area (Å²) in [7, 11) is 0. The Kier molecular flexibility index (Phi) is 6.48. The molecule has 7 nitrogen and oxygen atoms in total. The Balaban J connectivity index is 1.38. The Morgan fingerprint density at radius 2 is 1.61 bits per heavy atom. The standard InChI is InChI=1S/C25H22F6N6O/c1-13-2-4-19(22-34-9-17(10-35-22)25(29,30)31)21(36-13)23(38)37-12-15-6-14(15)7-18(37)11-33-20-5-3-16(8-32-20)24(26,27)28/h2-5,8-10,14-15,18H,6-7,11-12H2,1H3,(H,32,33)/t14-,15+,18?/m1/s1. The topological polar surface area (TPSA) is 83.9 Å². The van der Waals surface area contributed by atoms with Crippen LogP contribution in [-0.2, 0) is 12.4 Å². The number of likely N-dealkylation sites (tertiary alicyclic amines) is 1. The average molecular weight is 536 g/mol. The minimum atomic E-state index is -4.60. The third-order valence-electron chi connectivity index (χ3n) is 6.84. The molecule has 5 rings (SSSR count). The number of alkyl halides is 6. The average Bonchev–Trinajstić information content (AvgIpc) is 3.64. The Bertz CT molecular complexity index is 1330. The van der Waals surface area contributed by atoms with Gasteiger partial charge in [0.15, 0.2) is 5.82 Å². The molecule has 1 unspecified atom stereocenters. The van der Waals surface area contributed by atoms with Crippen LogP contribution in [0.3, 0.4) is 0 Å². The zero-order chi connectivity index (χ0) is 27.2. The number of nitrogens with one attached hydrogen (secondary N) is 1. The van der Waals surface area contributed by atoms with Crippen molar-refractivity contribution in [1.29, 1.82) is 0 Å². The highest BCUT2D eigenvalue weighted by molar-refractivity contribution is 5.98. The highest BCUT2D eigenvalue weighted by Gasteiger charge is 2.47. The number of aryl methyl sites for hydroxylation is 1. The van der Waals surface area contributed by atoms with Crippen molar-refractivity contribution in [1.82, 2.24) is 24.8 Å². The molecule has 200 valence electrons. The van der Waals surface area contributed by atoms with E-state index in [2.05, 4.69) is 25.3 Å². The van der Waals surface area contributed by atoms with E-state index in [9.17, 15) is 31.1 Å². The van der Waals surface area contributed by atoms with Crippen LogP contribution in [0.15, 0.2) is 42.9 Å². The predicted molar refractivity (Wildman–Crippen MR) is 124 cm³/mol. The lowest BCUT2D eigenvalue weighted by Crippen LogP contribution is -2.48. The minimum absolute atomic E-state index is 0.0292. The fourth-order valence-corrected chi connectivity index (χ4v) is 4.68. The largest absolute Gasteiger partial charge is 0.419 e. The van der Waals surface area contributed by atoms with Crippen LogP contribution in [0, 0.1) is 18.8 Å². The first-order valence-electron chi connectivity index (χ1n) is 11.9. The fraction of sp³-hybridized carbons (Fsp3) is 0.400. The number of hydrogen-bond acceptors (Lipinski definition) is 6. The second-order valence-electron chi connectivity index (χ2n) is 9.56. The van der Waals surface area contributed by atoms with E-state index in [1.807, 2.05) is 0 Å². The van der Waals surface area contributed by atoms with Crippen LogP contribution in [0.5, 0.6) is 0 Å². The minimum Gasteiger partial charge on any atom is -0.368 e. The molecule has 13 heteroatoms. The molecule has 1 N–H and O–H groups in total. The molecule has 0 bridgehead atoms. The maximum absolute atomic E-state index is 13.8. The number of nitrogens with zero attached hydrogens (tertiary/aromatic N) is 5. The number of pyridine rings is 2. The van der Waals surface area contributed by atoms with Gasteiger partial charge in [0.05, 0.1) is 16.7 Å². The molecule has 2 fully saturated rings. The Hall–Kier alpha value is -3.77. The second kappa shape index (κ2) is 9.52. The van der Waals surface area contributed by atoms with E-state index in [1.54, 1.807) is 24.0 Å². The molecule has 3 atom stereocenters. The molecule has 0 radical (unpaired) electrons. The highest BCUT2D eigenvalue weighted by Crippen LogP contribution is 2.47. The van der Waals surface area contributed by atoms with Crippen molar-refractivity contribution in [3.63, 3.8) is 0 Å². The molecule has 1 aliphatic carbocycles. The van der Waals surface area contributed by atoms with E-state index in [4.69, 9.17) is 0 Å². The lowest BCUT2D eigenvalue weighted by atomic mass is 10.00. The zero-order valence-electron chi connectivity index (χ0n) is 20.0. The van der Waals surface area contributed by atoms with E-state index < -0.39 is 29.4 Å². The van der Waals surface area contributed by atoms with Crippen molar-refractivity contribution < 1.29 is 31.1 Å². The van der Waals surface area contributed by atoms with E-state index in [-0.39, 0.29) is 35.5 Å². The fourth-order valence-electron chi connectivity index (χ4n) is 4.68. The number of carbonyl (C=O) groups is 1. The molecular formula is C25H22F6N6O. The number of halogens is 6. The van der Waals surface area contributed by atoms with Gasteiger partial charge in [-0.3, -0.25) is 4.79 Å². The number of fused-ring (bicyclic) bond motifs is 1. The second-order valence-corrected chi connectivity index (χ2v) is 9.56. The van der Waals surface area contributed by atoms with Crippen molar-refractivity contribution >= 4 is 11.7 Å². The third-order valence-corrected chi connectivity index (χ3v) is 6.84. The maximum Gasteiger partial charge on any atom is 0.419 e. The summed E-state index contributed by atoms with van der Waals surface area (Å²) in [4.78, 5) is 31.3. The molecule has 1 saturated carbocycles. The van der Waals surface area contributed by atoms with Gasteiger partial charge >= 0.3 is 12.4 Å². The summed E-state index contributed by atoms with van der Waals surface area (Å²) in [6.07, 6.45) is -5.35. The van der Waals surface area contributed by atoms with Gasteiger partial charge in [0.2, 0.25) is 0 Å². The Labute approximate surface area is 213 Å². The first kappa shape index (κ1) is 25.9. The number of hydrogen-bond donors (Lipinski definition) is 1. The number of amides is 1. The number of piperidine rings is 1. The summed E-state index contributed by atoms with van der Waals surface area (Å²) < 4.78 is 77.4. The summed E-state index contributed by atoms with van der Waals surface area (Å²) >= 11 is 0. The van der Waals surface area contributed by atoms with Crippen LogP contribution < -0.4 is 5.32 Å². The van der Waals surface area contributed by atoms with Crippen LogP contribution in [0.2, 0.25) is 0 Å². The smallest absolute Gasteiger partial charge is 0.368 e. The number of anilines is 1. The SMILES string of the molecule is Cc1ccc(-c2ncc(C(F)(F)F)cn2)c(C(=O)N2C[C@@H]3C[C@@H]3CC2CNc2ccc(C(F)(F)F)cn2)n1. The van der Waals surface area contributed by atoms with Gasteiger partial charge in [-0.05, 0) is 55.9 Å². The summed E-state index contributed by atoms with van der Waals surface area (Å²) in [6, 6.07) is 5.05. The molecule has 1 aliphatic heterocycles. The first-order valence-corrected chi connectivity index (χ1v) is 11.9. The molecular weight excluding hydrogens is 514 g/mol. The van der Waals surface area contributed by atoms with Gasteiger partial charge in [-0.1, -0.05) is 0 Å². The zero-order valence-corrected chi connectivity index (χ0v) is 20.0. The summed E-state index contributed by atoms with van der Waals surface area (Å²) in [5.74, 6) is 0.573. The Morgan fingerprint density at radius 1 is 0.921 bits per heavy atom. The molecule has 3 aromatic rings. The normalized spacial score (nSPS) is 21.1. The number of aromatic nitrogens is 4. The summed E-state index contributed by atoms with van der Waals surface area (Å²) in [5.41, 5.74) is -1.09. The van der Waals surface area contributed by atoms with Crippen LogP contribution in [0.1, 0.15) is 40.2 Å². The monoisotopic (exact) mass is 536 g/mol. The predicted octanol–water partition coefficient (Wildman–Crippen LogP) is 5.24. The van der Waals surface area contributed by atoms with E-state index in [0.29, 0.717) is 42.9 Å². The van der Waals surface area contributed by atoms with Gasteiger partial charge in [0.1, 0.15) is 11.5 Å². The first-order chi connectivity index (χ1) is 17.9. The van der Waals surface area contributed by atoms with Gasteiger partial charge in [-0.2, -0.15) is 26.3 Å². The van der Waals surface area contributed by atoms with Crippen LogP contribution in [-0.4, -0.2) is 49.9 Å². The summed E-state index contributed by atoms with van der Waals surface area (Å²) in [6.45, 7) is 2.42. The molecule has 0 aromatic carbocycles. The van der Waals surface area contributed by atoms with E-state index in [0.717, 1.165) is 18.7 Å². The van der Waals surface area contributed by atoms with Gasteiger partial charge in [0, 0.05) is 43.4 Å². The van der Waals surface area contributed by atoms with Crippen LogP contribution in [0.4, 0.5) is 32.2 Å². The van der Waals surface area contributed by atoms with Crippen molar-refractivity contribution in [2.45, 2.75) is 38.2 Å². The highest BCUT2D eigenvalue weighted by atomic mass is 19.4. The Morgan fingerprint density at radius 3 is 2.24 bits per heavy atom. The van der Waals surface area contributed by atoms with Gasteiger partial charge in [-0.15, -0.1) is 0 Å². The van der Waals surface area contributed by atoms with Crippen molar-refractivity contribution in [2.75, 3.05) is 18.4 Å². The molecule has 2 aliphatic rings. The molecule has 4 heterocycles. The lowest BCUT2D eigenvalue weighted by Gasteiger charge is -2.36. The van der Waals surface area contributed by atoms with Gasteiger partial charge in [0.25, 0.3) is 5.91 Å². The molecule has 1 saturated heterocycles. The quantitative estimate of drug-likeness (QED) is 0.449. The van der Waals surface area contributed by atoms with E-state index >= 15 is 0 Å². The number of carbonyl (C=O) groups excluding carboxylic acids is 1. The van der Waals surface area contributed by atoms with E-state index in [1.165, 1.54) is 6.07 Å². The number of rotatable bonds is 5. The van der Waals surface area contributed by atoms with Crippen molar-refractivity contribution in [3.8, 4) is 11.4 Å². The van der Waals surface area contributed by atoms with Crippen LogP contribution in [0.25, 0.3) is 11.4 Å². The van der Waals surface area contributed by atoms with Gasteiger partial charge < -0.3 is 10.2 Å². The maximum atomic E-state index is 13.8.